The highest BCUT2D eigenvalue weighted by atomic mass is 35.5. The first-order chi connectivity index (χ1) is 36.2. The van der Waals surface area contributed by atoms with Crippen LogP contribution in [0.25, 0.3) is 22.6 Å². The van der Waals surface area contributed by atoms with E-state index >= 15 is 22.8 Å². The van der Waals surface area contributed by atoms with Crippen LogP contribution in [0.5, 0.6) is 0 Å². The second-order valence-corrected chi connectivity index (χ2v) is 22.5. The number of hydrogen-bond acceptors (Lipinski definition) is 7. The molecule has 0 aliphatic heterocycles. The second-order valence-electron chi connectivity index (χ2n) is 22.1. The van der Waals surface area contributed by atoms with E-state index in [4.69, 9.17) is 23.1 Å². The molecule has 0 spiro atoms. The normalized spacial score (nSPS) is 25.0. The minimum atomic E-state index is -5.06. The predicted molar refractivity (Wildman–Crippen MR) is 265 cm³/mol. The lowest BCUT2D eigenvalue weighted by Gasteiger charge is -2.66. The molecule has 6 aromatic rings. The standard InChI is InChI=1S/C56H53ClF9N9O2/c1-33-43(38-10-3-5-12-40(38)54(58,59)60)70-73-75(33)51-25-22-50(23-26-51,24-27-51)53(46(69)77,30-35-15-14-34(31-67)28-42(35)56(64,65)66)52(45(68)76,36-8-7-9-37(57)29-36)32-48-16-19-49(20-17-48,21-18-48)47-72-71-44(74(47)2)39-11-4-6-13-41(39)55(61,62)63/h3-15,28-29H,16-27,30,32H2,1-2H3,(H2,68,76)(H2,69,77). The van der Waals surface area contributed by atoms with Crippen molar-refractivity contribution in [3.05, 3.63) is 141 Å². The minimum Gasteiger partial charge on any atom is -0.369 e. The molecule has 6 aliphatic carbocycles. The lowest BCUT2D eigenvalue weighted by molar-refractivity contribution is -0.178. The van der Waals surface area contributed by atoms with Gasteiger partial charge in [0.25, 0.3) is 0 Å². The van der Waals surface area contributed by atoms with Crippen molar-refractivity contribution < 1.29 is 49.1 Å². The molecule has 2 heterocycles. The van der Waals surface area contributed by atoms with Gasteiger partial charge in [-0.05, 0) is 155 Å². The number of hydrogen-bond donors (Lipinski definition) is 2. The van der Waals surface area contributed by atoms with Gasteiger partial charge in [0.1, 0.15) is 11.5 Å². The van der Waals surface area contributed by atoms with E-state index in [-0.39, 0.29) is 83.7 Å². The Balaban J connectivity index is 1.11. The number of nitrogens with two attached hydrogens (primary N) is 2. The Bertz CT molecular complexity index is 3330. The summed E-state index contributed by atoms with van der Waals surface area (Å²) in [4.78, 5) is 31.2. The van der Waals surface area contributed by atoms with E-state index < -0.39 is 91.6 Å². The van der Waals surface area contributed by atoms with Gasteiger partial charge in [-0.1, -0.05) is 71.4 Å². The number of carbonyl (C=O) groups is 2. The van der Waals surface area contributed by atoms with Crippen molar-refractivity contribution >= 4 is 23.4 Å². The molecule has 404 valence electrons. The zero-order valence-electron chi connectivity index (χ0n) is 41.9. The molecular weight excluding hydrogens is 1040 g/mol. The molecule has 0 saturated heterocycles. The summed E-state index contributed by atoms with van der Waals surface area (Å²) in [5.41, 5.74) is 2.17. The van der Waals surface area contributed by atoms with Gasteiger partial charge in [-0.2, -0.15) is 44.8 Å². The lowest BCUT2D eigenvalue weighted by atomic mass is 9.36. The highest BCUT2D eigenvalue weighted by Gasteiger charge is 2.73. The third-order valence-corrected chi connectivity index (χ3v) is 18.9. The smallest absolute Gasteiger partial charge is 0.369 e. The largest absolute Gasteiger partial charge is 0.417 e. The molecule has 6 saturated carbocycles. The lowest BCUT2D eigenvalue weighted by Crippen LogP contribution is -2.71. The number of halogens is 10. The first-order valence-corrected chi connectivity index (χ1v) is 25.7. The van der Waals surface area contributed by atoms with Crippen molar-refractivity contribution in [1.82, 2.24) is 29.8 Å². The van der Waals surface area contributed by atoms with Crippen molar-refractivity contribution in [3.63, 3.8) is 0 Å². The summed E-state index contributed by atoms with van der Waals surface area (Å²) in [5, 5.41) is 27.5. The Labute approximate surface area is 442 Å². The third-order valence-electron chi connectivity index (χ3n) is 18.7. The van der Waals surface area contributed by atoms with E-state index in [9.17, 15) is 31.6 Å². The summed E-state index contributed by atoms with van der Waals surface area (Å²) in [5.74, 6) is -1.59. The van der Waals surface area contributed by atoms with Crippen LogP contribution < -0.4 is 11.5 Å². The molecule has 2 unspecified atom stereocenters. The number of nitrogens with zero attached hydrogens (tertiary/aromatic N) is 7. The molecule has 11 nitrogen and oxygen atoms in total. The van der Waals surface area contributed by atoms with Gasteiger partial charge in [0.05, 0.1) is 50.4 Å². The van der Waals surface area contributed by atoms with Gasteiger partial charge in [0, 0.05) is 28.6 Å². The van der Waals surface area contributed by atoms with E-state index in [1.165, 1.54) is 48.5 Å². The molecule has 21 heteroatoms. The Hall–Kier alpha value is -6.75. The first kappa shape index (κ1) is 53.6. The van der Waals surface area contributed by atoms with Crippen LogP contribution in [0, 0.1) is 34.5 Å². The molecule has 0 radical (unpaired) electrons. The van der Waals surface area contributed by atoms with Gasteiger partial charge in [-0.15, -0.1) is 15.3 Å². The summed E-state index contributed by atoms with van der Waals surface area (Å²) in [6.45, 7) is 1.63. The summed E-state index contributed by atoms with van der Waals surface area (Å²) < 4.78 is 135. The summed E-state index contributed by atoms with van der Waals surface area (Å²) in [7, 11) is 1.62. The average molecular weight is 1090 g/mol. The van der Waals surface area contributed by atoms with Gasteiger partial charge in [-0.3, -0.25) is 9.59 Å². The van der Waals surface area contributed by atoms with Gasteiger partial charge >= 0.3 is 18.5 Å². The Morgan fingerprint density at radius 3 is 1.79 bits per heavy atom. The monoisotopic (exact) mass is 1090 g/mol. The molecule has 77 heavy (non-hydrogen) atoms. The maximum absolute atomic E-state index is 15.6. The number of nitriles is 1. The SMILES string of the molecule is Cc1c(-c2ccccc2C(F)(F)F)nnn1C12CCC(C(Cc3ccc(C#N)cc3C(F)(F)F)(C(N)=O)C(CC34CCC(c5nnc(-c6ccccc6C(F)(F)F)n5C)(CC3)CC4)(C(N)=O)c3cccc(Cl)c3)(CC1)CC2. The number of aromatic nitrogens is 6. The molecule has 2 atom stereocenters. The predicted octanol–water partition coefficient (Wildman–Crippen LogP) is 12.5. The van der Waals surface area contributed by atoms with Crippen LogP contribution in [0.15, 0.2) is 91.0 Å². The maximum atomic E-state index is 15.6. The summed E-state index contributed by atoms with van der Waals surface area (Å²) in [6, 6.07) is 21.2. The van der Waals surface area contributed by atoms with E-state index in [0.717, 1.165) is 18.2 Å². The van der Waals surface area contributed by atoms with Gasteiger partial charge in [-0.25, -0.2) is 4.68 Å². The molecule has 4 aromatic carbocycles. The zero-order valence-corrected chi connectivity index (χ0v) is 42.7. The molecular formula is C56H53ClF9N9O2. The van der Waals surface area contributed by atoms with E-state index in [1.807, 2.05) is 0 Å². The van der Waals surface area contributed by atoms with Crippen molar-refractivity contribution in [1.29, 1.82) is 5.26 Å². The van der Waals surface area contributed by atoms with Crippen LogP contribution >= 0.6 is 11.6 Å². The number of amides is 2. The van der Waals surface area contributed by atoms with Crippen molar-refractivity contribution in [2.24, 2.45) is 34.8 Å². The van der Waals surface area contributed by atoms with Gasteiger partial charge < -0.3 is 16.0 Å². The average Bonchev–Trinajstić information content (AvgIpc) is 4.13. The molecule has 6 fully saturated rings. The fourth-order valence-electron chi connectivity index (χ4n) is 14.9. The number of primary amides is 2. The molecule has 4 bridgehead atoms. The Kier molecular flexibility index (Phi) is 12.8. The first-order valence-electron chi connectivity index (χ1n) is 25.3. The molecule has 2 amide bonds. The minimum absolute atomic E-state index is 0.0185. The fourth-order valence-corrected chi connectivity index (χ4v) is 15.0. The number of fused-ring (bicyclic) bond motifs is 6. The summed E-state index contributed by atoms with van der Waals surface area (Å²) in [6.07, 6.45) is -12.1. The third kappa shape index (κ3) is 8.39. The van der Waals surface area contributed by atoms with Crippen LogP contribution in [0.1, 0.15) is 128 Å². The molecule has 2 aromatic heterocycles. The molecule has 4 N–H and O–H groups in total. The molecule has 6 aliphatic rings. The van der Waals surface area contributed by atoms with Gasteiger partial charge in [0.2, 0.25) is 11.8 Å². The number of alkyl halides is 9. The van der Waals surface area contributed by atoms with Gasteiger partial charge in [0.15, 0.2) is 5.82 Å². The second kappa shape index (κ2) is 18.4. The van der Waals surface area contributed by atoms with Crippen molar-refractivity contribution in [3.8, 4) is 28.7 Å². The van der Waals surface area contributed by atoms with Crippen LogP contribution in [-0.4, -0.2) is 41.6 Å². The Morgan fingerprint density at radius 1 is 0.675 bits per heavy atom. The number of benzene rings is 4. The number of carbonyl (C=O) groups excluding carboxylic acids is 2. The van der Waals surface area contributed by atoms with E-state index in [1.54, 1.807) is 47.5 Å². The highest BCUT2D eigenvalue weighted by Crippen LogP contribution is 2.72. The fraction of sp³-hybridized carbons (Fsp3) is 0.446. The van der Waals surface area contributed by atoms with Crippen molar-refractivity contribution in [2.45, 2.75) is 132 Å². The maximum Gasteiger partial charge on any atom is 0.417 e. The zero-order chi connectivity index (χ0) is 55.4. The quantitative estimate of drug-likeness (QED) is 0.108. The number of rotatable bonds is 13. The van der Waals surface area contributed by atoms with Crippen LogP contribution in [0.3, 0.4) is 0 Å². The Morgan fingerprint density at radius 2 is 1.25 bits per heavy atom. The summed E-state index contributed by atoms with van der Waals surface area (Å²) >= 11 is 6.81. The topological polar surface area (TPSA) is 171 Å². The van der Waals surface area contributed by atoms with Crippen LogP contribution in [-0.2, 0) is 58.0 Å². The van der Waals surface area contributed by atoms with E-state index in [0.29, 0.717) is 56.1 Å². The van der Waals surface area contributed by atoms with Crippen molar-refractivity contribution in [2.75, 3.05) is 0 Å². The van der Waals surface area contributed by atoms with E-state index in [2.05, 4.69) is 20.5 Å². The van der Waals surface area contributed by atoms with Crippen LogP contribution in [0.4, 0.5) is 39.5 Å². The van der Waals surface area contributed by atoms with Crippen LogP contribution in [0.2, 0.25) is 5.02 Å². The molecule has 12 rings (SSSR count). The highest BCUT2D eigenvalue weighted by molar-refractivity contribution is 6.30.